The van der Waals surface area contributed by atoms with Crippen molar-refractivity contribution in [2.75, 3.05) is 0 Å². The lowest BCUT2D eigenvalue weighted by atomic mass is 9.92. The van der Waals surface area contributed by atoms with Crippen LogP contribution in [-0.2, 0) is 0 Å². The maximum atomic E-state index is 6.91. The van der Waals surface area contributed by atoms with E-state index < -0.39 is 0 Å². The van der Waals surface area contributed by atoms with Crippen LogP contribution in [0.1, 0.15) is 0 Å². The topological polar surface area (TPSA) is 144 Å². The van der Waals surface area contributed by atoms with Crippen LogP contribution in [0.4, 0.5) is 0 Å². The fourth-order valence-corrected chi connectivity index (χ4v) is 22.7. The number of hydrogen-bond acceptors (Lipinski definition) is 10. The van der Waals surface area contributed by atoms with E-state index in [1.807, 2.05) is 79.0 Å². The summed E-state index contributed by atoms with van der Waals surface area (Å²) in [6, 6.07) is 168. The van der Waals surface area contributed by atoms with Crippen molar-refractivity contribution >= 4 is 208 Å². The second-order valence-electron chi connectivity index (χ2n) is 37.9. The van der Waals surface area contributed by atoms with Crippen molar-refractivity contribution < 1.29 is 13.3 Å². The van der Waals surface area contributed by atoms with Gasteiger partial charge in [0.25, 0.3) is 0 Å². The standard InChI is InChI=1S/C47H28N4O.C47H28N2O.C41H24N4O/c1-3-12-29(13-4-1)37-26-24-31-22-23-32-25-27-38(49-44(32)43(31)48-37)33-16-11-17-34(28-33)51-40-21-10-8-19-36(40)47-45(51)41-42(30-14-5-2-6-15-30)50-39-20-9-7-18-35(39)46(41)52-47;1-2-12-30(13-3-1)44-43-45-47(50-46(43)38-18-8-10-20-41(38)48-44)39-19-9-11-21-42(39)49(45)32-25-22-29(23-26-32)31-24-27-37-35-16-5-4-14-33(35)34-15-6-7-17-36(34)40(37)28-31;1-2-9-26(10-3-1)36-35-39-41(46-40(35)30-12-4-6-14-33(30)44-36)31-13-5-7-15-34(31)45(39)29-21-18-25(19-22-29)32-23-20-28-17-16-27-11-8-24-42-37(27)38(28)43-32/h1-28H;1-28H;1-24H. The molecule has 0 aliphatic carbocycles. The lowest BCUT2D eigenvalue weighted by molar-refractivity contribution is 0.676. The van der Waals surface area contributed by atoms with E-state index in [4.69, 9.17) is 43.2 Å². The van der Waals surface area contributed by atoms with Gasteiger partial charge in [-0.05, 0) is 183 Å². The molecule has 0 unspecified atom stereocenters. The lowest BCUT2D eigenvalue weighted by Crippen LogP contribution is -1.96. The van der Waals surface area contributed by atoms with Gasteiger partial charge in [0.05, 0.1) is 105 Å². The summed E-state index contributed by atoms with van der Waals surface area (Å²) in [5.74, 6) is 0. The van der Waals surface area contributed by atoms with Crippen molar-refractivity contribution in [2.24, 2.45) is 0 Å². The van der Waals surface area contributed by atoms with E-state index in [0.29, 0.717) is 0 Å². The average Bonchev–Trinajstić information content (AvgIpc) is 1.55. The monoisotopic (exact) mass is 1890 g/mol. The SMILES string of the molecule is c1ccc(-c2ccc3ccc4ccc(-c5cccc(-n6c7ccccc7c7oc8c9ccccc9nc(-c9ccccc9)c8c76)c5)nc4c3n2)cc1.c1ccc(-c2nc3ccccc3c3oc4c5ccccc5n(-c5ccc(-c6ccc7c8ccccc8c8ccccc8c7c6)cc5)c4c23)cc1.c1ccc(-c2nc3ccccc3c3oc4c5ccccc5n(-c5ccc(-c6ccc7ccc8cccnc8c7n6)cc5)c4c23)cc1. The molecule has 0 saturated carbocycles. The first-order chi connectivity index (χ1) is 73.4. The van der Waals surface area contributed by atoms with Crippen LogP contribution in [0.15, 0.2) is 499 Å². The van der Waals surface area contributed by atoms with Gasteiger partial charge in [0, 0.05) is 111 Å². The van der Waals surface area contributed by atoms with Crippen molar-refractivity contribution in [3.05, 3.63) is 485 Å². The van der Waals surface area contributed by atoms with Gasteiger partial charge in [0.15, 0.2) is 16.7 Å². The van der Waals surface area contributed by atoms with Crippen molar-refractivity contribution in [1.29, 1.82) is 0 Å². The third-order valence-electron chi connectivity index (χ3n) is 29.5. The molecule has 0 radical (unpaired) electrons. The van der Waals surface area contributed by atoms with Gasteiger partial charge in [-0.25, -0.2) is 29.9 Å². The van der Waals surface area contributed by atoms with Gasteiger partial charge in [0.1, 0.15) is 33.3 Å². The van der Waals surface area contributed by atoms with Gasteiger partial charge >= 0.3 is 0 Å². The van der Waals surface area contributed by atoms with Gasteiger partial charge in [-0.2, -0.15) is 0 Å². The maximum Gasteiger partial charge on any atom is 0.161 e. The molecule has 0 saturated heterocycles. The molecular formula is C135H80N10O3. The Labute approximate surface area is 844 Å². The summed E-state index contributed by atoms with van der Waals surface area (Å²) in [7, 11) is 0. The minimum absolute atomic E-state index is 0.843. The Hall–Kier alpha value is -20.2. The van der Waals surface area contributed by atoms with E-state index in [2.05, 4.69) is 425 Å². The number of hydrogen-bond donors (Lipinski definition) is 0. The highest BCUT2D eigenvalue weighted by molar-refractivity contribution is 6.29. The average molecular weight is 1890 g/mol. The van der Waals surface area contributed by atoms with Crippen LogP contribution >= 0.6 is 0 Å². The van der Waals surface area contributed by atoms with Crippen LogP contribution in [-0.4, -0.2) is 48.6 Å². The summed E-state index contributed by atoms with van der Waals surface area (Å²) in [5, 5.41) is 21.2. The zero-order valence-electron chi connectivity index (χ0n) is 79.4. The normalized spacial score (nSPS) is 11.9. The van der Waals surface area contributed by atoms with Gasteiger partial charge < -0.3 is 27.0 Å². The van der Waals surface area contributed by atoms with Gasteiger partial charge in [-0.1, -0.05) is 340 Å². The first kappa shape index (κ1) is 83.6. The number of furan rings is 3. The summed E-state index contributed by atoms with van der Waals surface area (Å²) >= 11 is 0. The molecule has 0 N–H and O–H groups in total. The number of fused-ring (bicyclic) bond motifs is 33. The van der Waals surface area contributed by atoms with Crippen LogP contribution in [0.2, 0.25) is 0 Å². The number of benzene rings is 19. The van der Waals surface area contributed by atoms with E-state index in [1.165, 1.54) is 43.4 Å². The largest absolute Gasteiger partial charge is 0.453 e. The fourth-order valence-electron chi connectivity index (χ4n) is 22.7. The second-order valence-corrected chi connectivity index (χ2v) is 37.9. The molecule has 13 nitrogen and oxygen atoms in total. The quantitative estimate of drug-likeness (QED) is 0.121. The Balaban J connectivity index is 0.000000103. The highest BCUT2D eigenvalue weighted by Crippen LogP contribution is 2.51. The number of aromatic nitrogens is 10. The highest BCUT2D eigenvalue weighted by atomic mass is 16.3. The molecule has 32 rings (SSSR count). The summed E-state index contributed by atoms with van der Waals surface area (Å²) in [5.41, 5.74) is 35.1. The van der Waals surface area contributed by atoms with Crippen molar-refractivity contribution in [1.82, 2.24) is 48.6 Å². The second kappa shape index (κ2) is 33.8. The minimum Gasteiger partial charge on any atom is -0.453 e. The number of nitrogens with zero attached hydrogens (tertiary/aromatic N) is 10. The van der Waals surface area contributed by atoms with Gasteiger partial charge in [0.2, 0.25) is 0 Å². The molecule has 688 valence electrons. The molecule has 0 aliphatic heterocycles. The van der Waals surface area contributed by atoms with Crippen LogP contribution in [0.5, 0.6) is 0 Å². The molecule has 0 fully saturated rings. The Bertz CT molecular complexity index is 11100. The number of pyridine rings is 7. The lowest BCUT2D eigenvalue weighted by Gasteiger charge is -2.13. The van der Waals surface area contributed by atoms with E-state index in [-0.39, 0.29) is 0 Å². The summed E-state index contributed by atoms with van der Waals surface area (Å²) < 4.78 is 27.6. The molecule has 19 aromatic carbocycles. The molecule has 0 amide bonds. The first-order valence-corrected chi connectivity index (χ1v) is 49.9. The zero-order chi connectivity index (χ0) is 97.1. The molecule has 13 aromatic heterocycles. The van der Waals surface area contributed by atoms with E-state index in [1.54, 1.807) is 0 Å². The Morgan fingerprint density at radius 3 is 0.892 bits per heavy atom. The molecule has 13 heteroatoms. The summed E-state index contributed by atoms with van der Waals surface area (Å²) in [4.78, 5) is 35.8. The van der Waals surface area contributed by atoms with Crippen LogP contribution in [0.25, 0.3) is 303 Å². The fraction of sp³-hybridized carbons (Fsp3) is 0. The van der Waals surface area contributed by atoms with Crippen molar-refractivity contribution in [3.63, 3.8) is 0 Å². The molecule has 148 heavy (non-hydrogen) atoms. The molecular weight excluding hydrogens is 1810 g/mol. The van der Waals surface area contributed by atoms with Gasteiger partial charge in [-0.3, -0.25) is 4.98 Å². The number of rotatable bonds is 10. The third-order valence-corrected chi connectivity index (χ3v) is 29.5. The highest BCUT2D eigenvalue weighted by Gasteiger charge is 2.31. The number of para-hydroxylation sites is 6. The molecule has 0 aliphatic rings. The molecule has 13 heterocycles. The molecule has 32 aromatic rings. The predicted octanol–water partition coefficient (Wildman–Crippen LogP) is 35.6. The van der Waals surface area contributed by atoms with Crippen LogP contribution in [0, 0.1) is 0 Å². The predicted molar refractivity (Wildman–Crippen MR) is 609 cm³/mol. The van der Waals surface area contributed by atoms with Gasteiger partial charge in [-0.15, -0.1) is 0 Å². The van der Waals surface area contributed by atoms with E-state index in [9.17, 15) is 0 Å². The first-order valence-electron chi connectivity index (χ1n) is 49.9. The summed E-state index contributed by atoms with van der Waals surface area (Å²) in [6.07, 6.45) is 1.83. The zero-order valence-corrected chi connectivity index (χ0v) is 79.4. The minimum atomic E-state index is 0.843. The molecule has 0 atom stereocenters. The maximum absolute atomic E-state index is 6.91. The van der Waals surface area contributed by atoms with Crippen molar-refractivity contribution in [2.45, 2.75) is 0 Å². The molecule has 0 bridgehead atoms. The van der Waals surface area contributed by atoms with Crippen LogP contribution in [0.3, 0.4) is 0 Å². The smallest absolute Gasteiger partial charge is 0.161 e. The van der Waals surface area contributed by atoms with E-state index >= 15 is 0 Å². The molecule has 0 spiro atoms. The Morgan fingerprint density at radius 1 is 0.169 bits per heavy atom. The van der Waals surface area contributed by atoms with E-state index in [0.717, 1.165) is 260 Å². The van der Waals surface area contributed by atoms with Crippen molar-refractivity contribution in [3.8, 4) is 95.7 Å². The Morgan fingerprint density at radius 2 is 0.473 bits per heavy atom. The van der Waals surface area contributed by atoms with Crippen LogP contribution < -0.4 is 0 Å². The third kappa shape index (κ3) is 13.4. The Kier molecular flexibility index (Phi) is 19.1. The summed E-state index contributed by atoms with van der Waals surface area (Å²) in [6.45, 7) is 0.